The number of ether oxygens (including phenoxy) is 1. The molecule has 1 aliphatic rings. The molecule has 0 unspecified atom stereocenters. The Morgan fingerprint density at radius 1 is 1.22 bits per heavy atom. The molecule has 0 saturated carbocycles. The van der Waals surface area contributed by atoms with E-state index >= 15 is 0 Å². The number of nitrogens with one attached hydrogen (secondary N) is 2. The number of hydrogen-bond donors (Lipinski definition) is 3. The summed E-state index contributed by atoms with van der Waals surface area (Å²) in [6.07, 6.45) is 2.13. The Morgan fingerprint density at radius 3 is 2.68 bits per heavy atom. The van der Waals surface area contributed by atoms with E-state index in [0.717, 1.165) is 10.0 Å². The SMILES string of the molecule is CCCS(=O)(=O)Nc1cccc(-c2nc(N3CCOCC3)sc2-c2ccnc(NCC(C)(C)O)n2)c1Cl. The molecule has 0 bridgehead atoms. The van der Waals surface area contributed by atoms with Crippen molar-refractivity contribution in [1.29, 1.82) is 0 Å². The Balaban J connectivity index is 1.78. The highest BCUT2D eigenvalue weighted by Crippen LogP contribution is 2.44. The predicted molar refractivity (Wildman–Crippen MR) is 149 cm³/mol. The van der Waals surface area contributed by atoms with Crippen LogP contribution in [0.3, 0.4) is 0 Å². The zero-order chi connectivity index (χ0) is 26.6. The molecule has 3 heterocycles. The highest BCUT2D eigenvalue weighted by Gasteiger charge is 2.24. The molecule has 37 heavy (non-hydrogen) atoms. The average molecular weight is 567 g/mol. The predicted octanol–water partition coefficient (Wildman–Crippen LogP) is 4.09. The van der Waals surface area contributed by atoms with Gasteiger partial charge in [-0.2, -0.15) is 0 Å². The third-order valence-corrected chi connectivity index (χ3v) is 8.48. The monoisotopic (exact) mass is 566 g/mol. The van der Waals surface area contributed by atoms with Gasteiger partial charge in [-0.3, -0.25) is 4.72 Å². The van der Waals surface area contributed by atoms with Crippen molar-refractivity contribution in [2.24, 2.45) is 0 Å². The van der Waals surface area contributed by atoms with Crippen molar-refractivity contribution in [2.45, 2.75) is 32.8 Å². The van der Waals surface area contributed by atoms with Gasteiger partial charge in [0.2, 0.25) is 16.0 Å². The lowest BCUT2D eigenvalue weighted by Crippen LogP contribution is -2.36. The molecule has 200 valence electrons. The molecule has 1 saturated heterocycles. The summed E-state index contributed by atoms with van der Waals surface area (Å²) in [6, 6.07) is 6.99. The lowest BCUT2D eigenvalue weighted by molar-refractivity contribution is 0.0943. The highest BCUT2D eigenvalue weighted by atomic mass is 35.5. The number of rotatable bonds is 10. The lowest BCUT2D eigenvalue weighted by Gasteiger charge is -2.26. The van der Waals surface area contributed by atoms with Crippen molar-refractivity contribution in [3.05, 3.63) is 35.5 Å². The molecular weight excluding hydrogens is 536 g/mol. The van der Waals surface area contributed by atoms with E-state index < -0.39 is 15.6 Å². The Kier molecular flexibility index (Phi) is 8.54. The van der Waals surface area contributed by atoms with Crippen LogP contribution in [0.15, 0.2) is 30.5 Å². The summed E-state index contributed by atoms with van der Waals surface area (Å²) in [6.45, 7) is 8.11. The molecule has 3 N–H and O–H groups in total. The van der Waals surface area contributed by atoms with Crippen LogP contribution in [0, 0.1) is 0 Å². The van der Waals surface area contributed by atoms with Gasteiger partial charge in [0, 0.05) is 31.4 Å². The second-order valence-electron chi connectivity index (χ2n) is 9.29. The molecule has 4 rings (SSSR count). The minimum atomic E-state index is -3.53. The molecule has 0 spiro atoms. The van der Waals surface area contributed by atoms with E-state index in [1.807, 2.05) is 6.07 Å². The van der Waals surface area contributed by atoms with Crippen LogP contribution in [-0.2, 0) is 14.8 Å². The van der Waals surface area contributed by atoms with Gasteiger partial charge in [-0.1, -0.05) is 42.0 Å². The van der Waals surface area contributed by atoms with Gasteiger partial charge >= 0.3 is 0 Å². The first kappa shape index (κ1) is 27.5. The van der Waals surface area contributed by atoms with E-state index in [2.05, 4.69) is 24.9 Å². The number of sulfonamides is 1. The van der Waals surface area contributed by atoms with Crippen LogP contribution in [0.25, 0.3) is 21.8 Å². The van der Waals surface area contributed by atoms with Crippen LogP contribution in [0.4, 0.5) is 16.8 Å². The van der Waals surface area contributed by atoms with Crippen LogP contribution >= 0.6 is 22.9 Å². The second kappa shape index (κ2) is 11.5. The highest BCUT2D eigenvalue weighted by molar-refractivity contribution is 7.92. The first-order valence-corrected chi connectivity index (χ1v) is 14.8. The first-order valence-electron chi connectivity index (χ1n) is 12.0. The second-order valence-corrected chi connectivity index (χ2v) is 12.5. The summed E-state index contributed by atoms with van der Waals surface area (Å²) in [5, 5.41) is 14.2. The standard InChI is InChI=1S/C24H31ClN6O4S2/c1-4-14-37(33,34)30-17-7-5-6-16(19(17)25)20-21(36-23(29-20)31-10-12-35-13-11-31)18-8-9-26-22(28-18)27-15-24(2,3)32/h5-9,30,32H,4,10-15H2,1-3H3,(H,26,27,28). The summed E-state index contributed by atoms with van der Waals surface area (Å²) >= 11 is 8.24. The van der Waals surface area contributed by atoms with Crippen LogP contribution in [0.5, 0.6) is 0 Å². The van der Waals surface area contributed by atoms with Gasteiger partial charge in [0.05, 0.1) is 51.5 Å². The van der Waals surface area contributed by atoms with E-state index in [1.165, 1.54) is 11.3 Å². The van der Waals surface area contributed by atoms with E-state index in [9.17, 15) is 13.5 Å². The Morgan fingerprint density at radius 2 is 1.97 bits per heavy atom. The number of morpholine rings is 1. The molecule has 3 aromatic rings. The van der Waals surface area contributed by atoms with Crippen molar-refractivity contribution in [1.82, 2.24) is 15.0 Å². The number of hydrogen-bond acceptors (Lipinski definition) is 10. The fourth-order valence-corrected chi connectivity index (χ4v) is 6.27. The summed E-state index contributed by atoms with van der Waals surface area (Å²) in [7, 11) is -3.53. The molecule has 1 aromatic carbocycles. The van der Waals surface area contributed by atoms with Crippen molar-refractivity contribution in [2.75, 3.05) is 53.5 Å². The van der Waals surface area contributed by atoms with Crippen LogP contribution in [0.1, 0.15) is 27.2 Å². The van der Waals surface area contributed by atoms with E-state index in [-0.39, 0.29) is 17.3 Å². The molecule has 2 aromatic heterocycles. The van der Waals surface area contributed by atoms with Gasteiger partial charge in [0.1, 0.15) is 0 Å². The van der Waals surface area contributed by atoms with Gasteiger partial charge in [0.25, 0.3) is 0 Å². The molecule has 10 nitrogen and oxygen atoms in total. The van der Waals surface area contributed by atoms with Gasteiger partial charge in [0.15, 0.2) is 5.13 Å². The van der Waals surface area contributed by atoms with Gasteiger partial charge in [-0.05, 0) is 32.4 Å². The Hall–Kier alpha value is -2.51. The molecule has 0 atom stereocenters. The van der Waals surface area contributed by atoms with Crippen LogP contribution in [0.2, 0.25) is 5.02 Å². The number of benzene rings is 1. The summed E-state index contributed by atoms with van der Waals surface area (Å²) in [5.74, 6) is 0.372. The molecule has 0 aliphatic carbocycles. The average Bonchev–Trinajstić information content (AvgIpc) is 3.30. The third kappa shape index (κ3) is 7.08. The summed E-state index contributed by atoms with van der Waals surface area (Å²) < 4.78 is 32.9. The quantitative estimate of drug-likeness (QED) is 0.332. The van der Waals surface area contributed by atoms with Gasteiger partial charge < -0.3 is 20.1 Å². The van der Waals surface area contributed by atoms with E-state index in [0.29, 0.717) is 61.3 Å². The molecule has 13 heteroatoms. The minimum Gasteiger partial charge on any atom is -0.389 e. The number of thiazole rings is 1. The fraction of sp³-hybridized carbons (Fsp3) is 0.458. The Bertz CT molecular complexity index is 1340. The Labute approximate surface area is 226 Å². The molecule has 1 fully saturated rings. The van der Waals surface area contributed by atoms with Crippen molar-refractivity contribution >= 4 is 49.7 Å². The number of anilines is 3. The van der Waals surface area contributed by atoms with Gasteiger partial charge in [-0.15, -0.1) is 0 Å². The smallest absolute Gasteiger partial charge is 0.232 e. The van der Waals surface area contributed by atoms with E-state index in [4.69, 9.17) is 21.3 Å². The zero-order valence-corrected chi connectivity index (χ0v) is 23.4. The molecule has 0 amide bonds. The maximum atomic E-state index is 12.4. The molecular formula is C24H31ClN6O4S2. The van der Waals surface area contributed by atoms with E-state index in [1.54, 1.807) is 45.2 Å². The zero-order valence-electron chi connectivity index (χ0n) is 21.0. The largest absolute Gasteiger partial charge is 0.389 e. The van der Waals surface area contributed by atoms with Crippen LogP contribution in [-0.4, -0.2) is 72.7 Å². The minimum absolute atomic E-state index is 0.00194. The summed E-state index contributed by atoms with van der Waals surface area (Å²) in [4.78, 5) is 16.8. The topological polar surface area (TPSA) is 130 Å². The summed E-state index contributed by atoms with van der Waals surface area (Å²) in [5.41, 5.74) is 1.19. The first-order chi connectivity index (χ1) is 17.6. The molecule has 1 aliphatic heterocycles. The van der Waals surface area contributed by atoms with Crippen LogP contribution < -0.4 is 14.9 Å². The normalized spacial score (nSPS) is 14.6. The van der Waals surface area contributed by atoms with Crippen molar-refractivity contribution in [3.8, 4) is 21.8 Å². The van der Waals surface area contributed by atoms with Crippen molar-refractivity contribution < 1.29 is 18.3 Å². The maximum absolute atomic E-state index is 12.4. The third-order valence-electron chi connectivity index (χ3n) is 5.46. The number of aromatic nitrogens is 3. The molecule has 0 radical (unpaired) electrons. The van der Waals surface area contributed by atoms with Gasteiger partial charge in [-0.25, -0.2) is 23.4 Å². The number of halogens is 1. The van der Waals surface area contributed by atoms with Crippen molar-refractivity contribution in [3.63, 3.8) is 0 Å². The number of aliphatic hydroxyl groups is 1. The fourth-order valence-electron chi connectivity index (χ4n) is 3.70. The maximum Gasteiger partial charge on any atom is 0.232 e. The number of nitrogens with zero attached hydrogens (tertiary/aromatic N) is 4. The lowest BCUT2D eigenvalue weighted by atomic mass is 10.1.